The van der Waals surface area contributed by atoms with Crippen molar-refractivity contribution in [2.75, 3.05) is 7.11 Å². The molecular weight excluding hydrogens is 196 g/mol. The van der Waals surface area contributed by atoms with E-state index in [-0.39, 0.29) is 6.42 Å². The van der Waals surface area contributed by atoms with Gasteiger partial charge in [0.05, 0.1) is 5.60 Å². The zero-order valence-electron chi connectivity index (χ0n) is 8.23. The molecule has 0 heterocycles. The van der Waals surface area contributed by atoms with Gasteiger partial charge in [-0.25, -0.2) is 0 Å². The van der Waals surface area contributed by atoms with Crippen LogP contribution in [-0.4, -0.2) is 35.7 Å². The van der Waals surface area contributed by atoms with E-state index < -0.39 is 20.7 Å². The van der Waals surface area contributed by atoms with E-state index >= 15 is 0 Å². The van der Waals surface area contributed by atoms with E-state index in [0.29, 0.717) is 0 Å². The lowest BCUT2D eigenvalue weighted by Gasteiger charge is -2.30. The maximum absolute atomic E-state index is 10.7. The highest BCUT2D eigenvalue weighted by Crippen LogP contribution is 2.26. The van der Waals surface area contributed by atoms with E-state index in [4.69, 9.17) is 9.29 Å². The van der Waals surface area contributed by atoms with E-state index in [1.165, 1.54) is 7.11 Å². The Kier molecular flexibility index (Phi) is 3.48. The minimum atomic E-state index is -4.47. The van der Waals surface area contributed by atoms with Crippen LogP contribution >= 0.6 is 0 Å². The molecule has 5 nitrogen and oxygen atoms in total. The van der Waals surface area contributed by atoms with Crippen molar-refractivity contribution in [2.24, 2.45) is 0 Å². The molecule has 0 bridgehead atoms. The van der Waals surface area contributed by atoms with E-state index in [0.717, 1.165) is 6.92 Å². The molecule has 0 radical (unpaired) electrons. The predicted molar refractivity (Wildman–Crippen MR) is 47.9 cm³/mol. The summed E-state index contributed by atoms with van der Waals surface area (Å²) in [6, 6.07) is 0. The molecule has 6 heteroatoms. The average Bonchev–Trinajstić information content (AvgIpc) is 1.83. The van der Waals surface area contributed by atoms with Crippen LogP contribution in [0.15, 0.2) is 0 Å². The van der Waals surface area contributed by atoms with Crippen LogP contribution in [0.4, 0.5) is 0 Å². The first kappa shape index (κ1) is 12.8. The van der Waals surface area contributed by atoms with E-state index in [2.05, 4.69) is 0 Å². The van der Waals surface area contributed by atoms with Crippen LogP contribution in [0.1, 0.15) is 27.2 Å². The minimum absolute atomic E-state index is 0.199. The SMILES string of the molecule is COC(C)(C)CC(C)(O)S(=O)(=O)O. The molecule has 0 rings (SSSR count). The van der Waals surface area contributed by atoms with Gasteiger partial charge in [0.2, 0.25) is 0 Å². The van der Waals surface area contributed by atoms with Crippen molar-refractivity contribution >= 4 is 10.1 Å². The molecular formula is C7H16O5S. The number of rotatable bonds is 4. The summed E-state index contributed by atoms with van der Waals surface area (Å²) in [6.45, 7) is 4.27. The van der Waals surface area contributed by atoms with Gasteiger partial charge in [0, 0.05) is 13.5 Å². The fourth-order valence-electron chi connectivity index (χ4n) is 0.953. The minimum Gasteiger partial charge on any atom is -0.379 e. The molecule has 0 aromatic carbocycles. The quantitative estimate of drug-likeness (QED) is 0.659. The second-order valence-corrected chi connectivity index (χ2v) is 5.62. The van der Waals surface area contributed by atoms with E-state index in [1.807, 2.05) is 0 Å². The molecule has 0 aliphatic carbocycles. The van der Waals surface area contributed by atoms with Gasteiger partial charge in [0.25, 0.3) is 10.1 Å². The number of ether oxygens (including phenoxy) is 1. The van der Waals surface area contributed by atoms with Gasteiger partial charge in [0.1, 0.15) is 0 Å². The lowest BCUT2D eigenvalue weighted by molar-refractivity contribution is -0.0301. The van der Waals surface area contributed by atoms with Gasteiger partial charge in [-0.05, 0) is 20.8 Å². The highest BCUT2D eigenvalue weighted by Gasteiger charge is 2.40. The monoisotopic (exact) mass is 212 g/mol. The molecule has 0 amide bonds. The lowest BCUT2D eigenvalue weighted by atomic mass is 10.0. The average molecular weight is 212 g/mol. The second kappa shape index (κ2) is 3.53. The topological polar surface area (TPSA) is 83.8 Å². The van der Waals surface area contributed by atoms with Crippen LogP contribution in [0.25, 0.3) is 0 Å². The zero-order valence-corrected chi connectivity index (χ0v) is 9.05. The molecule has 0 aromatic heterocycles. The second-order valence-electron chi connectivity index (χ2n) is 3.79. The summed E-state index contributed by atoms with van der Waals surface area (Å²) in [5.74, 6) is 0. The first-order valence-corrected chi connectivity index (χ1v) is 5.20. The third-order valence-corrected chi connectivity index (χ3v) is 3.12. The molecule has 80 valence electrons. The number of hydrogen-bond acceptors (Lipinski definition) is 4. The maximum atomic E-state index is 10.7. The van der Waals surface area contributed by atoms with E-state index in [1.54, 1.807) is 13.8 Å². The molecule has 0 saturated carbocycles. The number of methoxy groups -OCH3 is 1. The zero-order chi connectivity index (χ0) is 10.9. The Hall–Kier alpha value is -0.170. The molecule has 0 saturated heterocycles. The van der Waals surface area contributed by atoms with Crippen LogP contribution in [0.5, 0.6) is 0 Å². The Morgan fingerprint density at radius 1 is 1.31 bits per heavy atom. The maximum Gasteiger partial charge on any atom is 0.294 e. The van der Waals surface area contributed by atoms with Crippen LogP contribution < -0.4 is 0 Å². The van der Waals surface area contributed by atoms with Crippen molar-refractivity contribution in [3.63, 3.8) is 0 Å². The van der Waals surface area contributed by atoms with Gasteiger partial charge < -0.3 is 9.84 Å². The number of aliphatic hydroxyl groups is 1. The van der Waals surface area contributed by atoms with Crippen molar-refractivity contribution in [1.82, 2.24) is 0 Å². The Morgan fingerprint density at radius 2 is 1.69 bits per heavy atom. The molecule has 0 aliphatic heterocycles. The highest BCUT2D eigenvalue weighted by molar-refractivity contribution is 7.87. The number of hydrogen-bond donors (Lipinski definition) is 2. The first-order chi connectivity index (χ1) is 5.52. The first-order valence-electron chi connectivity index (χ1n) is 3.76. The molecule has 0 aliphatic rings. The van der Waals surface area contributed by atoms with Crippen molar-refractivity contribution in [2.45, 2.75) is 37.7 Å². The van der Waals surface area contributed by atoms with Crippen molar-refractivity contribution in [1.29, 1.82) is 0 Å². The molecule has 2 N–H and O–H groups in total. The Bertz CT molecular complexity index is 265. The van der Waals surface area contributed by atoms with E-state index in [9.17, 15) is 13.5 Å². The predicted octanol–water partition coefficient (Wildman–Crippen LogP) is 0.398. The Morgan fingerprint density at radius 3 is 1.92 bits per heavy atom. The normalized spacial score (nSPS) is 18.3. The summed E-state index contributed by atoms with van der Waals surface area (Å²) >= 11 is 0. The molecule has 0 spiro atoms. The summed E-state index contributed by atoms with van der Waals surface area (Å²) in [7, 11) is -3.07. The lowest BCUT2D eigenvalue weighted by Crippen LogP contribution is -2.42. The highest BCUT2D eigenvalue weighted by atomic mass is 32.2. The van der Waals surface area contributed by atoms with Crippen molar-refractivity contribution in [3.05, 3.63) is 0 Å². The molecule has 1 unspecified atom stereocenters. The Labute approximate surface area is 78.5 Å². The van der Waals surface area contributed by atoms with Gasteiger partial charge in [-0.15, -0.1) is 0 Å². The summed E-state index contributed by atoms with van der Waals surface area (Å²) < 4.78 is 35.0. The van der Waals surface area contributed by atoms with Crippen molar-refractivity contribution in [3.8, 4) is 0 Å². The largest absolute Gasteiger partial charge is 0.379 e. The van der Waals surface area contributed by atoms with Crippen LogP contribution in [0, 0.1) is 0 Å². The molecule has 0 fully saturated rings. The third kappa shape index (κ3) is 3.60. The smallest absolute Gasteiger partial charge is 0.294 e. The summed E-state index contributed by atoms with van der Waals surface area (Å²) in [4.78, 5) is -2.17. The van der Waals surface area contributed by atoms with Crippen LogP contribution in [-0.2, 0) is 14.9 Å². The van der Waals surface area contributed by atoms with Crippen LogP contribution in [0.3, 0.4) is 0 Å². The van der Waals surface area contributed by atoms with Gasteiger partial charge in [-0.2, -0.15) is 8.42 Å². The molecule has 0 aromatic rings. The summed E-state index contributed by atoms with van der Waals surface area (Å²) in [5.41, 5.74) is -0.806. The Balaban J connectivity index is 4.72. The van der Waals surface area contributed by atoms with Crippen molar-refractivity contribution < 1.29 is 22.8 Å². The standard InChI is InChI=1S/C7H16O5S/c1-6(2,12-4)5-7(3,8)13(9,10)11/h8H,5H2,1-4H3,(H,9,10,11). The van der Waals surface area contributed by atoms with Gasteiger partial charge in [0.15, 0.2) is 4.93 Å². The molecule has 1 atom stereocenters. The molecule has 13 heavy (non-hydrogen) atoms. The summed E-state index contributed by atoms with van der Waals surface area (Å²) in [5, 5.41) is 9.40. The fraction of sp³-hybridized carbons (Fsp3) is 1.00. The summed E-state index contributed by atoms with van der Waals surface area (Å²) in [6.07, 6.45) is -0.199. The van der Waals surface area contributed by atoms with Gasteiger partial charge in [-0.3, -0.25) is 4.55 Å². The van der Waals surface area contributed by atoms with Gasteiger partial charge in [-0.1, -0.05) is 0 Å². The third-order valence-electron chi connectivity index (χ3n) is 1.86. The van der Waals surface area contributed by atoms with Crippen LogP contribution in [0.2, 0.25) is 0 Å². The fourth-order valence-corrected chi connectivity index (χ4v) is 1.48. The van der Waals surface area contributed by atoms with Gasteiger partial charge >= 0.3 is 0 Å².